The number of hydrogen-bond donors (Lipinski definition) is 0. The average molecular weight is 248 g/mol. The second-order valence-electron chi connectivity index (χ2n) is 2.89. The Morgan fingerprint density at radius 3 is 2.62 bits per heavy atom. The molecule has 0 fully saturated rings. The van der Waals surface area contributed by atoms with Crippen LogP contribution in [0.25, 0.3) is 0 Å². The van der Waals surface area contributed by atoms with Crippen molar-refractivity contribution < 1.29 is 0 Å². The average Bonchev–Trinajstić information content (AvgIpc) is 2.33. The summed E-state index contributed by atoms with van der Waals surface area (Å²) in [4.78, 5) is 9.01. The molecule has 0 unspecified atom stereocenters. The summed E-state index contributed by atoms with van der Waals surface area (Å²) in [6, 6.07) is 8.93. The van der Waals surface area contributed by atoms with E-state index in [1.807, 2.05) is 6.07 Å². The lowest BCUT2D eigenvalue weighted by Crippen LogP contribution is -1.84. The van der Waals surface area contributed by atoms with E-state index in [4.69, 9.17) is 16.9 Å². The van der Waals surface area contributed by atoms with Gasteiger partial charge >= 0.3 is 0 Å². The van der Waals surface area contributed by atoms with Crippen molar-refractivity contribution in [1.29, 1.82) is 5.26 Å². The normalized spacial score (nSPS) is 9.75. The van der Waals surface area contributed by atoms with E-state index < -0.39 is 0 Å². The lowest BCUT2D eigenvalue weighted by molar-refractivity contribution is 0.967. The Bertz CT molecular complexity index is 537. The molecular formula is C11H6ClN3S. The van der Waals surface area contributed by atoms with Crippen molar-refractivity contribution in [2.24, 2.45) is 0 Å². The lowest BCUT2D eigenvalue weighted by Gasteiger charge is -2.02. The fraction of sp³-hybridized carbons (Fsp3) is 0. The number of aromatic nitrogens is 2. The maximum Gasteiger partial charge on any atom is 0.192 e. The smallest absolute Gasteiger partial charge is 0.192 e. The quantitative estimate of drug-likeness (QED) is 0.765. The number of halogens is 1. The van der Waals surface area contributed by atoms with Crippen LogP contribution in [0, 0.1) is 11.3 Å². The first-order valence-electron chi connectivity index (χ1n) is 4.44. The molecule has 1 aromatic heterocycles. The van der Waals surface area contributed by atoms with Crippen molar-refractivity contribution in [3.8, 4) is 6.07 Å². The van der Waals surface area contributed by atoms with Crippen LogP contribution in [-0.4, -0.2) is 9.97 Å². The number of rotatable bonds is 2. The molecule has 0 bridgehead atoms. The molecule has 1 heterocycles. The molecule has 0 aliphatic carbocycles. The van der Waals surface area contributed by atoms with Crippen molar-refractivity contribution in [2.45, 2.75) is 10.1 Å². The molecule has 1 aromatic carbocycles. The Labute approximate surface area is 102 Å². The predicted molar refractivity (Wildman–Crippen MR) is 62.3 cm³/mol. The van der Waals surface area contributed by atoms with Crippen LogP contribution in [0.2, 0.25) is 5.02 Å². The number of hydrogen-bond acceptors (Lipinski definition) is 4. The van der Waals surface area contributed by atoms with E-state index in [9.17, 15) is 0 Å². The van der Waals surface area contributed by atoms with Gasteiger partial charge in [0.1, 0.15) is 0 Å². The van der Waals surface area contributed by atoms with Crippen LogP contribution >= 0.6 is 23.4 Å². The molecule has 0 saturated heterocycles. The topological polar surface area (TPSA) is 49.6 Å². The third-order valence-electron chi connectivity index (χ3n) is 1.80. The highest BCUT2D eigenvalue weighted by Crippen LogP contribution is 2.31. The summed E-state index contributed by atoms with van der Waals surface area (Å²) in [5.41, 5.74) is 0.545. The molecule has 2 rings (SSSR count). The highest BCUT2D eigenvalue weighted by Gasteiger charge is 2.05. The van der Waals surface area contributed by atoms with Gasteiger partial charge in [-0.1, -0.05) is 11.6 Å². The summed E-state index contributed by atoms with van der Waals surface area (Å²) in [6.07, 6.45) is 3.35. The molecule has 78 valence electrons. The van der Waals surface area contributed by atoms with Crippen LogP contribution in [0.5, 0.6) is 0 Å². The molecule has 0 aliphatic rings. The fourth-order valence-corrected chi connectivity index (χ4v) is 2.10. The zero-order chi connectivity index (χ0) is 11.4. The molecule has 0 amide bonds. The third-order valence-corrected chi connectivity index (χ3v) is 3.20. The summed E-state index contributed by atoms with van der Waals surface area (Å²) >= 11 is 7.40. The molecule has 0 N–H and O–H groups in total. The molecule has 0 aliphatic heterocycles. The van der Waals surface area contributed by atoms with Gasteiger partial charge in [-0.2, -0.15) is 5.26 Å². The molecule has 5 heteroatoms. The van der Waals surface area contributed by atoms with Gasteiger partial charge in [0.2, 0.25) is 0 Å². The van der Waals surface area contributed by atoms with E-state index in [0.717, 1.165) is 4.90 Å². The maximum absolute atomic E-state index is 8.70. The van der Waals surface area contributed by atoms with Crippen molar-refractivity contribution in [1.82, 2.24) is 9.97 Å². The van der Waals surface area contributed by atoms with Crippen LogP contribution < -0.4 is 0 Å². The minimum atomic E-state index is 0.538. The molecule has 3 nitrogen and oxygen atoms in total. The van der Waals surface area contributed by atoms with Crippen LogP contribution in [0.1, 0.15) is 5.56 Å². The summed E-state index contributed by atoms with van der Waals surface area (Å²) in [5, 5.41) is 9.87. The zero-order valence-corrected chi connectivity index (χ0v) is 9.66. The van der Waals surface area contributed by atoms with Gasteiger partial charge in [0, 0.05) is 17.3 Å². The molecule has 0 atom stereocenters. The Hall–Kier alpha value is -1.57. The van der Waals surface area contributed by atoms with Gasteiger partial charge in [-0.05, 0) is 36.0 Å². The van der Waals surface area contributed by atoms with Gasteiger partial charge in [-0.3, -0.25) is 0 Å². The first kappa shape index (κ1) is 10.9. The Balaban J connectivity index is 2.27. The molecular weight excluding hydrogens is 242 g/mol. The van der Waals surface area contributed by atoms with E-state index in [-0.39, 0.29) is 0 Å². The van der Waals surface area contributed by atoms with Crippen molar-refractivity contribution in [3.63, 3.8) is 0 Å². The summed E-state index contributed by atoms with van der Waals surface area (Å²) < 4.78 is 0. The minimum absolute atomic E-state index is 0.538. The molecule has 0 saturated carbocycles. The number of nitrogens with zero attached hydrogens (tertiary/aromatic N) is 3. The second-order valence-corrected chi connectivity index (χ2v) is 4.31. The van der Waals surface area contributed by atoms with Gasteiger partial charge in [-0.25, -0.2) is 9.97 Å². The largest absolute Gasteiger partial charge is 0.231 e. The number of benzene rings is 1. The maximum atomic E-state index is 8.70. The third kappa shape index (κ3) is 2.51. The van der Waals surface area contributed by atoms with Crippen LogP contribution in [-0.2, 0) is 0 Å². The van der Waals surface area contributed by atoms with Crippen LogP contribution in [0.15, 0.2) is 46.7 Å². The Kier molecular flexibility index (Phi) is 3.40. The predicted octanol–water partition coefficient (Wildman–Crippen LogP) is 3.15. The van der Waals surface area contributed by atoms with E-state index in [1.54, 1.807) is 36.7 Å². The van der Waals surface area contributed by atoms with E-state index in [2.05, 4.69) is 9.97 Å². The first-order valence-corrected chi connectivity index (χ1v) is 5.63. The Morgan fingerprint density at radius 1 is 1.25 bits per heavy atom. The highest BCUT2D eigenvalue weighted by atomic mass is 35.5. The van der Waals surface area contributed by atoms with Crippen molar-refractivity contribution >= 4 is 23.4 Å². The summed E-state index contributed by atoms with van der Waals surface area (Å²) in [6.45, 7) is 0. The number of nitriles is 1. The first-order chi connectivity index (χ1) is 7.79. The van der Waals surface area contributed by atoms with E-state index in [1.165, 1.54) is 11.8 Å². The molecule has 2 aromatic rings. The molecule has 0 radical (unpaired) electrons. The van der Waals surface area contributed by atoms with Gasteiger partial charge in [0.15, 0.2) is 5.16 Å². The summed E-state index contributed by atoms with van der Waals surface area (Å²) in [7, 11) is 0. The van der Waals surface area contributed by atoms with Crippen LogP contribution in [0.3, 0.4) is 0 Å². The Morgan fingerprint density at radius 2 is 2.00 bits per heavy atom. The SMILES string of the molecule is N#Cc1ccc(Sc2ncccn2)c(Cl)c1. The van der Waals surface area contributed by atoms with E-state index in [0.29, 0.717) is 15.7 Å². The summed E-state index contributed by atoms with van der Waals surface area (Å²) in [5.74, 6) is 0. The van der Waals surface area contributed by atoms with Gasteiger partial charge in [0.25, 0.3) is 0 Å². The fourth-order valence-electron chi connectivity index (χ4n) is 1.09. The molecule has 0 spiro atoms. The van der Waals surface area contributed by atoms with Gasteiger partial charge in [-0.15, -0.1) is 0 Å². The van der Waals surface area contributed by atoms with Crippen molar-refractivity contribution in [3.05, 3.63) is 47.2 Å². The van der Waals surface area contributed by atoms with Crippen molar-refractivity contribution in [2.75, 3.05) is 0 Å². The van der Waals surface area contributed by atoms with E-state index >= 15 is 0 Å². The molecule has 16 heavy (non-hydrogen) atoms. The standard InChI is InChI=1S/C11H6ClN3S/c12-9-6-8(7-13)2-3-10(9)16-11-14-4-1-5-15-11/h1-6H. The zero-order valence-electron chi connectivity index (χ0n) is 8.09. The van der Waals surface area contributed by atoms with Gasteiger partial charge < -0.3 is 0 Å². The van der Waals surface area contributed by atoms with Crippen LogP contribution in [0.4, 0.5) is 0 Å². The second kappa shape index (κ2) is 4.97. The minimum Gasteiger partial charge on any atom is -0.231 e. The highest BCUT2D eigenvalue weighted by molar-refractivity contribution is 7.99. The monoisotopic (exact) mass is 247 g/mol. The lowest BCUT2D eigenvalue weighted by atomic mass is 10.2. The van der Waals surface area contributed by atoms with Gasteiger partial charge in [0.05, 0.1) is 16.7 Å².